The van der Waals surface area contributed by atoms with Gasteiger partial charge >= 0.3 is 5.97 Å². The number of β-lactam (4-membered cyclic amide) rings is 1. The fourth-order valence-corrected chi connectivity index (χ4v) is 6.08. The van der Waals surface area contributed by atoms with Gasteiger partial charge in [0.2, 0.25) is 5.91 Å². The number of hydrogen-bond acceptors (Lipinski definition) is 9. The van der Waals surface area contributed by atoms with Crippen molar-refractivity contribution in [2.45, 2.75) is 23.0 Å². The van der Waals surface area contributed by atoms with Crippen molar-refractivity contribution in [2.75, 3.05) is 11.5 Å². The van der Waals surface area contributed by atoms with Crippen LogP contribution in [0.3, 0.4) is 0 Å². The Morgan fingerprint density at radius 2 is 2.09 bits per heavy atom. The molecule has 0 saturated carbocycles. The molecule has 168 valence electrons. The smallest absolute Gasteiger partial charge is 0.353 e. The average Bonchev–Trinajstić information content (AvgIpc) is 3.27. The summed E-state index contributed by atoms with van der Waals surface area (Å²) in [5.74, 6) is -1.46. The Morgan fingerprint density at radius 3 is 2.85 bits per heavy atom. The molecule has 11 nitrogen and oxygen atoms in total. The Kier molecular flexibility index (Phi) is 5.42. The summed E-state index contributed by atoms with van der Waals surface area (Å²) in [6.07, 6.45) is 1.65. The first-order chi connectivity index (χ1) is 15.9. The monoisotopic (exact) mass is 483 g/mol. The molecular weight excluding hydrogens is 466 g/mol. The molecule has 2 atom stereocenters. The van der Waals surface area contributed by atoms with E-state index < -0.39 is 23.3 Å². The van der Waals surface area contributed by atoms with Gasteiger partial charge in [0.05, 0.1) is 18.0 Å². The standard InChI is InChI=1S/C20H17N7O4S2/c21-15-10-7-22-26-16(10)25-20(24-15)33-11-8-32-18-13(17(29)27(18)14(11)19(30)31)23-12(28)6-9-4-2-1-3-5-9/h1-5,7,13,18H,6,8H2,(H,23,28)(H,30,31)(H3,21,22,24,25,26)/t13-,18-/m1/s1. The Labute approximate surface area is 195 Å². The Hall–Kier alpha value is -3.58. The number of fused-ring (bicyclic) bond motifs is 2. The lowest BCUT2D eigenvalue weighted by atomic mass is 10.0. The predicted octanol–water partition coefficient (Wildman–Crippen LogP) is 0.966. The Balaban J connectivity index is 1.34. The average molecular weight is 484 g/mol. The maximum Gasteiger partial charge on any atom is 0.353 e. The normalized spacial score (nSPS) is 19.9. The van der Waals surface area contributed by atoms with Gasteiger partial charge in [0, 0.05) is 10.7 Å². The number of nitrogen functional groups attached to an aromatic ring is 1. The molecular formula is C20H17N7O4S2. The predicted molar refractivity (Wildman–Crippen MR) is 122 cm³/mol. The molecule has 1 aromatic carbocycles. The fraction of sp³-hybridized carbons (Fsp3) is 0.200. The van der Waals surface area contributed by atoms with E-state index in [1.165, 1.54) is 22.9 Å². The van der Waals surface area contributed by atoms with E-state index in [1.54, 1.807) is 0 Å². The number of nitrogens with two attached hydrogens (primary N) is 1. The van der Waals surface area contributed by atoms with Gasteiger partial charge in [0.15, 0.2) is 10.8 Å². The van der Waals surface area contributed by atoms with E-state index >= 15 is 0 Å². The van der Waals surface area contributed by atoms with Crippen molar-refractivity contribution in [1.29, 1.82) is 0 Å². The zero-order valence-electron chi connectivity index (χ0n) is 16.9. The highest BCUT2D eigenvalue weighted by Crippen LogP contribution is 2.44. The lowest BCUT2D eigenvalue weighted by Gasteiger charge is -2.49. The third-order valence-corrected chi connectivity index (χ3v) is 7.60. The summed E-state index contributed by atoms with van der Waals surface area (Å²) in [5, 5.41) is 19.5. The molecule has 0 spiro atoms. The van der Waals surface area contributed by atoms with E-state index in [1.807, 2.05) is 30.3 Å². The molecule has 5 N–H and O–H groups in total. The molecule has 13 heteroatoms. The van der Waals surface area contributed by atoms with Crippen LogP contribution in [0.2, 0.25) is 0 Å². The van der Waals surface area contributed by atoms with Crippen LogP contribution in [0.1, 0.15) is 5.56 Å². The number of nitrogens with one attached hydrogen (secondary N) is 2. The molecule has 0 radical (unpaired) electrons. The number of nitrogens with zero attached hydrogens (tertiary/aromatic N) is 4. The minimum Gasteiger partial charge on any atom is -0.477 e. The quantitative estimate of drug-likeness (QED) is 0.293. The molecule has 2 aromatic heterocycles. The van der Waals surface area contributed by atoms with Gasteiger partial charge in [-0.05, 0) is 5.56 Å². The van der Waals surface area contributed by atoms with Crippen molar-refractivity contribution >= 4 is 58.2 Å². The number of thioether (sulfide) groups is 2. The highest BCUT2D eigenvalue weighted by Gasteiger charge is 2.54. The first kappa shape index (κ1) is 21.3. The summed E-state index contributed by atoms with van der Waals surface area (Å²) in [4.78, 5) is 47.4. The second-order valence-corrected chi connectivity index (χ2v) is 9.49. The van der Waals surface area contributed by atoms with E-state index in [4.69, 9.17) is 5.73 Å². The molecule has 0 unspecified atom stereocenters. The van der Waals surface area contributed by atoms with E-state index in [-0.39, 0.29) is 29.0 Å². The van der Waals surface area contributed by atoms with Crippen molar-refractivity contribution in [2.24, 2.45) is 0 Å². The van der Waals surface area contributed by atoms with Gasteiger partial charge in [-0.15, -0.1) is 11.8 Å². The van der Waals surface area contributed by atoms with Gasteiger partial charge in [0.1, 0.15) is 22.9 Å². The van der Waals surface area contributed by atoms with Gasteiger partial charge in [0.25, 0.3) is 5.91 Å². The molecule has 5 rings (SSSR count). The van der Waals surface area contributed by atoms with Gasteiger partial charge in [-0.3, -0.25) is 19.6 Å². The number of H-pyrrole nitrogens is 1. The summed E-state index contributed by atoms with van der Waals surface area (Å²) in [7, 11) is 0. The number of amides is 2. The number of benzene rings is 1. The van der Waals surface area contributed by atoms with E-state index in [9.17, 15) is 19.5 Å². The third kappa shape index (κ3) is 3.89. The molecule has 0 bridgehead atoms. The largest absolute Gasteiger partial charge is 0.477 e. The maximum absolute atomic E-state index is 12.8. The molecule has 2 aliphatic heterocycles. The van der Waals surface area contributed by atoms with Crippen LogP contribution in [0.4, 0.5) is 5.82 Å². The zero-order valence-corrected chi connectivity index (χ0v) is 18.5. The first-order valence-corrected chi connectivity index (χ1v) is 11.7. The first-order valence-electron chi connectivity index (χ1n) is 9.81. The van der Waals surface area contributed by atoms with Crippen LogP contribution in [-0.4, -0.2) is 65.1 Å². The van der Waals surface area contributed by atoms with Crippen molar-refractivity contribution in [3.63, 3.8) is 0 Å². The lowest BCUT2D eigenvalue weighted by molar-refractivity contribution is -0.150. The summed E-state index contributed by atoms with van der Waals surface area (Å²) < 4.78 is 0. The van der Waals surface area contributed by atoms with Crippen molar-refractivity contribution in [3.8, 4) is 0 Å². The number of hydrogen-bond donors (Lipinski definition) is 4. The second-order valence-electron chi connectivity index (χ2n) is 7.32. The summed E-state index contributed by atoms with van der Waals surface area (Å²) in [6, 6.07) is 8.40. The minimum atomic E-state index is -1.24. The second kappa shape index (κ2) is 8.41. The topological polar surface area (TPSA) is 167 Å². The highest BCUT2D eigenvalue weighted by atomic mass is 32.2. The number of aliphatic carboxylic acids is 1. The fourth-order valence-electron chi connectivity index (χ4n) is 3.67. The summed E-state index contributed by atoms with van der Waals surface area (Å²) in [5.41, 5.74) is 7.07. The van der Waals surface area contributed by atoms with Crippen molar-refractivity contribution in [3.05, 3.63) is 52.7 Å². The van der Waals surface area contributed by atoms with Crippen molar-refractivity contribution < 1.29 is 19.5 Å². The van der Waals surface area contributed by atoms with Gasteiger partial charge < -0.3 is 16.2 Å². The molecule has 33 heavy (non-hydrogen) atoms. The molecule has 3 aromatic rings. The molecule has 1 saturated heterocycles. The number of carboxylic acids is 1. The maximum atomic E-state index is 12.8. The van der Waals surface area contributed by atoms with Crippen LogP contribution in [0.15, 0.2) is 52.3 Å². The Morgan fingerprint density at radius 1 is 1.30 bits per heavy atom. The summed E-state index contributed by atoms with van der Waals surface area (Å²) >= 11 is 2.41. The molecule has 0 aliphatic carbocycles. The van der Waals surface area contributed by atoms with E-state index in [0.29, 0.717) is 21.7 Å². The van der Waals surface area contributed by atoms with Crippen LogP contribution in [0.5, 0.6) is 0 Å². The zero-order chi connectivity index (χ0) is 23.1. The molecule has 2 amide bonds. The SMILES string of the molecule is Nc1nc(SC2=C(C(=O)O)N3C(=O)[C@@H](NC(=O)Cc4ccccc4)[C@H]3SC2)nc2[nH]ncc12. The van der Waals surface area contributed by atoms with Crippen LogP contribution < -0.4 is 11.1 Å². The number of carboxylic acid groups (broad SMARTS) is 1. The number of aromatic nitrogens is 4. The lowest BCUT2D eigenvalue weighted by Crippen LogP contribution is -2.70. The number of carbonyl (C=O) groups is 3. The minimum absolute atomic E-state index is 0.130. The number of carbonyl (C=O) groups excluding carboxylic acids is 2. The molecule has 2 aliphatic rings. The summed E-state index contributed by atoms with van der Waals surface area (Å²) in [6.45, 7) is 0. The third-order valence-electron chi connectivity index (χ3n) is 5.19. The van der Waals surface area contributed by atoms with Gasteiger partial charge in [-0.25, -0.2) is 14.8 Å². The number of anilines is 1. The van der Waals surface area contributed by atoms with Crippen LogP contribution >= 0.6 is 23.5 Å². The Bertz CT molecular complexity index is 1310. The van der Waals surface area contributed by atoms with Gasteiger partial charge in [-0.1, -0.05) is 42.1 Å². The number of aromatic amines is 1. The van der Waals surface area contributed by atoms with Crippen molar-refractivity contribution in [1.82, 2.24) is 30.4 Å². The van der Waals surface area contributed by atoms with E-state index in [0.717, 1.165) is 17.3 Å². The molecule has 1 fully saturated rings. The van der Waals surface area contributed by atoms with Crippen LogP contribution in [0, 0.1) is 0 Å². The van der Waals surface area contributed by atoms with E-state index in [2.05, 4.69) is 25.5 Å². The van der Waals surface area contributed by atoms with Crippen LogP contribution in [0.25, 0.3) is 11.0 Å². The number of rotatable bonds is 6. The van der Waals surface area contributed by atoms with Gasteiger partial charge in [-0.2, -0.15) is 5.10 Å². The highest BCUT2D eigenvalue weighted by molar-refractivity contribution is 8.06. The van der Waals surface area contributed by atoms with Crippen LogP contribution in [-0.2, 0) is 20.8 Å². The molecule has 4 heterocycles.